The molecule has 0 fully saturated rings. The second-order valence-electron chi connectivity index (χ2n) is 11.3. The highest BCUT2D eigenvalue weighted by Crippen LogP contribution is 2.30. The Labute approximate surface area is 249 Å². The van der Waals surface area contributed by atoms with Gasteiger partial charge in [-0.3, -0.25) is 4.79 Å². The molecule has 0 saturated heterocycles. The van der Waals surface area contributed by atoms with E-state index in [0.29, 0.717) is 34.8 Å². The maximum atomic E-state index is 13.1. The van der Waals surface area contributed by atoms with E-state index in [0.717, 1.165) is 16.0 Å². The van der Waals surface area contributed by atoms with Gasteiger partial charge in [-0.15, -0.1) is 11.3 Å². The summed E-state index contributed by atoms with van der Waals surface area (Å²) in [6.07, 6.45) is -0.674. The quantitative estimate of drug-likeness (QED) is 0.160. The fourth-order valence-electron chi connectivity index (χ4n) is 4.39. The Kier molecular flexibility index (Phi) is 9.20. The first-order valence-corrected chi connectivity index (χ1v) is 14.6. The number of alkyl carbamates (subject to hydrolysis) is 1. The van der Waals surface area contributed by atoms with Crippen molar-refractivity contribution in [2.24, 2.45) is 5.92 Å². The van der Waals surface area contributed by atoms with Gasteiger partial charge >= 0.3 is 12.1 Å². The molecular weight excluding hydrogens is 554 g/mol. The number of nitrogens with two attached hydrogens (primary N) is 1. The van der Waals surface area contributed by atoms with Gasteiger partial charge in [-0.2, -0.15) is 0 Å². The van der Waals surface area contributed by atoms with Gasteiger partial charge in [0, 0.05) is 10.4 Å². The Bertz CT molecular complexity index is 1590. The van der Waals surface area contributed by atoms with Crippen molar-refractivity contribution in [3.05, 3.63) is 65.3 Å². The van der Waals surface area contributed by atoms with Crippen molar-refractivity contribution in [1.82, 2.24) is 14.9 Å². The predicted octanol–water partition coefficient (Wildman–Crippen LogP) is 6.00. The number of hydrogen-bond acceptors (Lipinski definition) is 8. The fraction of sp³-hybridized carbons (Fsp3) is 0.355. The number of rotatable bonds is 9. The standard InChI is InChI=1S/C31H37N5O5S/c1-18(2)27(35-30(39)41-31(4,5)6)29(38)40-14-13-36-19(3)33-24-17-21(10-12-25(24)36)28(37)34-23-16-20(9-11-22(23)32)26-8-7-15-42-26/h7-12,15-18,27H,13-14,32H2,1-6H3,(H,34,37)(H,35,39)/t27-/m0/s1. The van der Waals surface area contributed by atoms with Gasteiger partial charge in [0.05, 0.1) is 29.0 Å². The monoisotopic (exact) mass is 591 g/mol. The number of nitrogens with zero attached hydrogens (tertiary/aromatic N) is 2. The molecule has 10 nitrogen and oxygen atoms in total. The minimum Gasteiger partial charge on any atom is -0.462 e. The van der Waals surface area contributed by atoms with Gasteiger partial charge in [-0.25, -0.2) is 14.6 Å². The van der Waals surface area contributed by atoms with E-state index in [1.807, 2.05) is 61.1 Å². The highest BCUT2D eigenvalue weighted by Gasteiger charge is 2.28. The molecule has 2 amide bonds. The summed E-state index contributed by atoms with van der Waals surface area (Å²) in [4.78, 5) is 43.8. The van der Waals surface area contributed by atoms with Crippen LogP contribution in [0.1, 0.15) is 50.8 Å². The van der Waals surface area contributed by atoms with Crippen molar-refractivity contribution in [2.45, 2.75) is 59.7 Å². The number of carbonyl (C=O) groups excluding carboxylic acids is 3. The minimum absolute atomic E-state index is 0.0758. The van der Waals surface area contributed by atoms with Crippen molar-refractivity contribution >= 4 is 51.7 Å². The summed E-state index contributed by atoms with van der Waals surface area (Å²) in [5.41, 5.74) is 9.32. The Balaban J connectivity index is 1.41. The van der Waals surface area contributed by atoms with E-state index >= 15 is 0 Å². The third-order valence-electron chi connectivity index (χ3n) is 6.46. The van der Waals surface area contributed by atoms with E-state index in [-0.39, 0.29) is 18.4 Å². The number of thiophene rings is 1. The average molecular weight is 592 g/mol. The molecular formula is C31H37N5O5S. The number of nitrogen functional groups attached to an aromatic ring is 1. The highest BCUT2D eigenvalue weighted by atomic mass is 32.1. The van der Waals surface area contributed by atoms with Gasteiger partial charge in [0.2, 0.25) is 0 Å². The molecule has 1 atom stereocenters. The molecule has 0 aliphatic heterocycles. The minimum atomic E-state index is -0.846. The molecule has 0 saturated carbocycles. The Hall–Kier alpha value is -4.38. The lowest BCUT2D eigenvalue weighted by molar-refractivity contribution is -0.147. The summed E-state index contributed by atoms with van der Waals surface area (Å²) in [7, 11) is 0. The topological polar surface area (TPSA) is 138 Å². The number of aryl methyl sites for hydroxylation is 1. The summed E-state index contributed by atoms with van der Waals surface area (Å²) in [6.45, 7) is 11.2. The van der Waals surface area contributed by atoms with Crippen LogP contribution in [0.2, 0.25) is 0 Å². The number of ether oxygens (including phenoxy) is 2. The molecule has 4 aromatic rings. The zero-order valence-corrected chi connectivity index (χ0v) is 25.5. The van der Waals surface area contributed by atoms with Crippen LogP contribution in [0.3, 0.4) is 0 Å². The Morgan fingerprint density at radius 2 is 1.86 bits per heavy atom. The smallest absolute Gasteiger partial charge is 0.408 e. The summed E-state index contributed by atoms with van der Waals surface area (Å²) in [5, 5.41) is 7.52. The summed E-state index contributed by atoms with van der Waals surface area (Å²) in [5.74, 6) is -0.331. The predicted molar refractivity (Wildman–Crippen MR) is 166 cm³/mol. The number of imidazole rings is 1. The van der Waals surface area contributed by atoms with E-state index in [1.54, 1.807) is 50.3 Å². The molecule has 0 bridgehead atoms. The second kappa shape index (κ2) is 12.6. The molecule has 0 aliphatic carbocycles. The molecule has 222 valence electrons. The van der Waals surface area contributed by atoms with Crippen LogP contribution in [0, 0.1) is 12.8 Å². The van der Waals surface area contributed by atoms with Gasteiger partial charge in [0.25, 0.3) is 5.91 Å². The first-order valence-electron chi connectivity index (χ1n) is 13.7. The highest BCUT2D eigenvalue weighted by molar-refractivity contribution is 7.13. The molecule has 0 unspecified atom stereocenters. The molecule has 42 heavy (non-hydrogen) atoms. The summed E-state index contributed by atoms with van der Waals surface area (Å²) < 4.78 is 12.7. The maximum absolute atomic E-state index is 13.1. The molecule has 0 aliphatic rings. The van der Waals surface area contributed by atoms with Crippen LogP contribution in [0.5, 0.6) is 0 Å². The van der Waals surface area contributed by atoms with Crippen LogP contribution >= 0.6 is 11.3 Å². The van der Waals surface area contributed by atoms with E-state index < -0.39 is 23.7 Å². The lowest BCUT2D eigenvalue weighted by Gasteiger charge is -2.24. The SMILES string of the molecule is Cc1nc2cc(C(=O)Nc3cc(-c4cccs4)ccc3N)ccc2n1CCOC(=O)[C@@H](NC(=O)OC(C)(C)C)C(C)C. The summed E-state index contributed by atoms with van der Waals surface area (Å²) in [6, 6.07) is 14.0. The average Bonchev–Trinajstić information content (AvgIpc) is 3.55. The van der Waals surface area contributed by atoms with Crippen LogP contribution in [0.15, 0.2) is 53.9 Å². The van der Waals surface area contributed by atoms with Gasteiger partial charge < -0.3 is 30.4 Å². The lowest BCUT2D eigenvalue weighted by atomic mass is 10.1. The van der Waals surface area contributed by atoms with E-state index in [9.17, 15) is 14.4 Å². The van der Waals surface area contributed by atoms with Gasteiger partial charge in [-0.1, -0.05) is 26.0 Å². The van der Waals surface area contributed by atoms with E-state index in [2.05, 4.69) is 15.6 Å². The van der Waals surface area contributed by atoms with Crippen LogP contribution in [-0.2, 0) is 20.8 Å². The number of carbonyl (C=O) groups is 3. The van der Waals surface area contributed by atoms with Crippen LogP contribution < -0.4 is 16.4 Å². The fourth-order valence-corrected chi connectivity index (χ4v) is 5.11. The van der Waals surface area contributed by atoms with Crippen molar-refractivity contribution in [1.29, 1.82) is 0 Å². The third-order valence-corrected chi connectivity index (χ3v) is 7.38. The number of anilines is 2. The first kappa shape index (κ1) is 30.6. The molecule has 0 radical (unpaired) electrons. The molecule has 0 spiro atoms. The molecule has 4 N–H and O–H groups in total. The zero-order valence-electron chi connectivity index (χ0n) is 24.7. The number of fused-ring (bicyclic) bond motifs is 1. The molecule has 2 aromatic heterocycles. The molecule has 2 aromatic carbocycles. The largest absolute Gasteiger partial charge is 0.462 e. The number of amides is 2. The normalized spacial score (nSPS) is 12.3. The molecule has 2 heterocycles. The number of aromatic nitrogens is 2. The number of benzene rings is 2. The van der Waals surface area contributed by atoms with Crippen molar-refractivity contribution in [3.8, 4) is 10.4 Å². The van der Waals surface area contributed by atoms with Crippen molar-refractivity contribution in [2.75, 3.05) is 17.7 Å². The third kappa shape index (κ3) is 7.47. The lowest BCUT2D eigenvalue weighted by Crippen LogP contribution is -2.47. The maximum Gasteiger partial charge on any atom is 0.408 e. The Morgan fingerprint density at radius 3 is 2.52 bits per heavy atom. The number of esters is 1. The van der Waals surface area contributed by atoms with Crippen LogP contribution in [-0.4, -0.2) is 45.8 Å². The van der Waals surface area contributed by atoms with Crippen LogP contribution in [0.25, 0.3) is 21.5 Å². The van der Waals surface area contributed by atoms with Gasteiger partial charge in [0.1, 0.15) is 24.1 Å². The summed E-state index contributed by atoms with van der Waals surface area (Å²) >= 11 is 1.61. The first-order chi connectivity index (χ1) is 19.8. The molecule has 4 rings (SSSR count). The number of hydrogen-bond donors (Lipinski definition) is 3. The van der Waals surface area contributed by atoms with Crippen LogP contribution in [0.4, 0.5) is 16.2 Å². The zero-order chi connectivity index (χ0) is 30.6. The van der Waals surface area contributed by atoms with Gasteiger partial charge in [0.15, 0.2) is 0 Å². The van der Waals surface area contributed by atoms with Crippen molar-refractivity contribution < 1.29 is 23.9 Å². The van der Waals surface area contributed by atoms with Gasteiger partial charge in [-0.05, 0) is 81.0 Å². The van der Waals surface area contributed by atoms with E-state index in [4.69, 9.17) is 15.2 Å². The number of nitrogens with one attached hydrogen (secondary N) is 2. The molecule has 11 heteroatoms. The second-order valence-corrected chi connectivity index (χ2v) is 12.2. The van der Waals surface area contributed by atoms with E-state index in [1.165, 1.54) is 0 Å². The van der Waals surface area contributed by atoms with Crippen molar-refractivity contribution in [3.63, 3.8) is 0 Å². The Morgan fingerprint density at radius 1 is 1.10 bits per heavy atom.